The number of fused-ring (bicyclic) bond motifs is 1. The lowest BCUT2D eigenvalue weighted by atomic mass is 10.2. The van der Waals surface area contributed by atoms with Crippen LogP contribution in [0.2, 0.25) is 0 Å². The van der Waals surface area contributed by atoms with Gasteiger partial charge in [0.2, 0.25) is 5.82 Å². The first-order chi connectivity index (χ1) is 10.2. The Morgan fingerprint density at radius 2 is 2.19 bits per heavy atom. The first-order valence-electron chi connectivity index (χ1n) is 6.11. The van der Waals surface area contributed by atoms with Gasteiger partial charge in [-0.25, -0.2) is 9.37 Å². The van der Waals surface area contributed by atoms with Crippen molar-refractivity contribution in [2.24, 2.45) is 0 Å². The Bertz CT molecular complexity index is 879. The van der Waals surface area contributed by atoms with Crippen LogP contribution < -0.4 is 5.32 Å². The van der Waals surface area contributed by atoms with E-state index in [2.05, 4.69) is 10.3 Å². The van der Waals surface area contributed by atoms with Crippen LogP contribution in [0.15, 0.2) is 48.8 Å². The van der Waals surface area contributed by atoms with Gasteiger partial charge in [-0.05, 0) is 30.3 Å². The molecule has 21 heavy (non-hydrogen) atoms. The maximum absolute atomic E-state index is 13.3. The predicted molar refractivity (Wildman–Crippen MR) is 74.3 cm³/mol. The molecule has 6 heteroatoms. The summed E-state index contributed by atoms with van der Waals surface area (Å²) < 4.78 is 15.0. The van der Waals surface area contributed by atoms with Crippen LogP contribution in [0.25, 0.3) is 5.52 Å². The molecule has 0 aliphatic carbocycles. The third-order valence-corrected chi connectivity index (χ3v) is 2.93. The van der Waals surface area contributed by atoms with Gasteiger partial charge in [0.1, 0.15) is 5.82 Å². The molecule has 2 heterocycles. The maximum atomic E-state index is 13.3. The summed E-state index contributed by atoms with van der Waals surface area (Å²) in [6.07, 6.45) is 3.28. The minimum atomic E-state index is -0.586. The van der Waals surface area contributed by atoms with Gasteiger partial charge in [-0.15, -0.1) is 0 Å². The summed E-state index contributed by atoms with van der Waals surface area (Å²) in [5, 5.41) is 11.3. The second kappa shape index (κ2) is 5.06. The van der Waals surface area contributed by atoms with Crippen LogP contribution in [0.1, 0.15) is 16.2 Å². The topological polar surface area (TPSA) is 70.2 Å². The number of rotatable bonds is 2. The maximum Gasteiger partial charge on any atom is 0.292 e. The molecule has 0 spiro atoms. The molecule has 0 radical (unpaired) electrons. The number of carbonyl (C=O) groups is 1. The number of nitrogens with zero attached hydrogens (tertiary/aromatic N) is 3. The van der Waals surface area contributed by atoms with Gasteiger partial charge in [0.15, 0.2) is 0 Å². The van der Waals surface area contributed by atoms with Gasteiger partial charge in [-0.1, -0.05) is 6.07 Å². The average molecular weight is 280 g/mol. The number of carbonyl (C=O) groups excluding carboxylic acids is 1. The molecule has 3 aromatic rings. The smallest absolute Gasteiger partial charge is 0.292 e. The van der Waals surface area contributed by atoms with E-state index in [1.54, 1.807) is 22.9 Å². The summed E-state index contributed by atoms with van der Waals surface area (Å²) in [4.78, 5) is 16.2. The molecule has 102 valence electrons. The Hall–Kier alpha value is -3.20. The number of nitriles is 1. The van der Waals surface area contributed by atoms with E-state index in [0.717, 1.165) is 17.6 Å². The molecule has 1 amide bonds. The van der Waals surface area contributed by atoms with Gasteiger partial charge in [-0.3, -0.25) is 9.20 Å². The van der Waals surface area contributed by atoms with Crippen LogP contribution in [-0.4, -0.2) is 15.3 Å². The highest BCUT2D eigenvalue weighted by molar-refractivity contribution is 6.02. The summed E-state index contributed by atoms with van der Waals surface area (Å²) >= 11 is 0. The standard InChI is InChI=1S/C15H9FN4O/c16-11-5-10(8-17)6-12(7-11)19-15(21)14-18-9-13-3-1-2-4-20(13)14/h1-7,9H,(H,19,21). The normalized spacial score (nSPS) is 10.3. The van der Waals surface area contributed by atoms with Crippen molar-refractivity contribution in [3.8, 4) is 6.07 Å². The summed E-state index contributed by atoms with van der Waals surface area (Å²) in [6.45, 7) is 0. The van der Waals surface area contributed by atoms with E-state index in [1.165, 1.54) is 6.07 Å². The lowest BCUT2D eigenvalue weighted by molar-refractivity contribution is 0.101. The van der Waals surface area contributed by atoms with E-state index in [1.807, 2.05) is 18.2 Å². The first-order valence-corrected chi connectivity index (χ1v) is 6.11. The zero-order valence-corrected chi connectivity index (χ0v) is 10.7. The first kappa shape index (κ1) is 12.8. The van der Waals surface area contributed by atoms with E-state index < -0.39 is 11.7 Å². The zero-order valence-electron chi connectivity index (χ0n) is 10.7. The fourth-order valence-electron chi connectivity index (χ4n) is 2.03. The van der Waals surface area contributed by atoms with E-state index in [0.29, 0.717) is 0 Å². The van der Waals surface area contributed by atoms with Gasteiger partial charge in [0, 0.05) is 11.9 Å². The Labute approximate surface area is 119 Å². The molecular weight excluding hydrogens is 271 g/mol. The molecule has 3 rings (SSSR count). The summed E-state index contributed by atoms with van der Waals surface area (Å²) in [5.41, 5.74) is 1.13. The SMILES string of the molecule is N#Cc1cc(F)cc(NC(=O)c2ncc3ccccn23)c1. The number of amides is 1. The monoisotopic (exact) mass is 280 g/mol. The molecular formula is C15H9FN4O. The van der Waals surface area contributed by atoms with Crippen molar-refractivity contribution >= 4 is 17.1 Å². The quantitative estimate of drug-likeness (QED) is 0.784. The number of anilines is 1. The minimum absolute atomic E-state index is 0.137. The summed E-state index contributed by atoms with van der Waals surface area (Å²) in [7, 11) is 0. The highest BCUT2D eigenvalue weighted by atomic mass is 19.1. The number of pyridine rings is 1. The van der Waals surface area contributed by atoms with Crippen LogP contribution in [0.4, 0.5) is 10.1 Å². The van der Waals surface area contributed by atoms with Crippen molar-refractivity contribution in [3.05, 3.63) is 66.0 Å². The van der Waals surface area contributed by atoms with E-state index in [-0.39, 0.29) is 17.1 Å². The summed E-state index contributed by atoms with van der Waals surface area (Å²) in [6, 6.07) is 10.9. The minimum Gasteiger partial charge on any atom is -0.319 e. The Balaban J connectivity index is 1.93. The molecule has 0 aliphatic rings. The van der Waals surface area contributed by atoms with Crippen molar-refractivity contribution in [2.75, 3.05) is 5.32 Å². The Morgan fingerprint density at radius 3 is 3.00 bits per heavy atom. The van der Waals surface area contributed by atoms with Crippen LogP contribution in [0.5, 0.6) is 0 Å². The van der Waals surface area contributed by atoms with Crippen LogP contribution in [0.3, 0.4) is 0 Å². The van der Waals surface area contributed by atoms with Crippen molar-refractivity contribution in [1.82, 2.24) is 9.38 Å². The molecule has 5 nitrogen and oxygen atoms in total. The number of aromatic nitrogens is 2. The lowest BCUT2D eigenvalue weighted by Gasteiger charge is -2.05. The van der Waals surface area contributed by atoms with Gasteiger partial charge in [0.05, 0.1) is 23.3 Å². The summed E-state index contributed by atoms with van der Waals surface area (Å²) in [5.74, 6) is -0.874. The average Bonchev–Trinajstić information content (AvgIpc) is 2.90. The zero-order chi connectivity index (χ0) is 14.8. The van der Waals surface area contributed by atoms with E-state index in [9.17, 15) is 9.18 Å². The largest absolute Gasteiger partial charge is 0.319 e. The fraction of sp³-hybridized carbons (Fsp3) is 0. The second-order valence-electron chi connectivity index (χ2n) is 4.37. The van der Waals surface area contributed by atoms with Gasteiger partial charge in [-0.2, -0.15) is 5.26 Å². The molecule has 2 aromatic heterocycles. The van der Waals surface area contributed by atoms with Gasteiger partial charge in [0.25, 0.3) is 5.91 Å². The Morgan fingerprint density at radius 1 is 1.33 bits per heavy atom. The molecule has 1 N–H and O–H groups in total. The Kier molecular flexibility index (Phi) is 3.09. The number of nitrogens with one attached hydrogen (secondary N) is 1. The number of benzene rings is 1. The molecule has 0 unspecified atom stereocenters. The molecule has 0 fully saturated rings. The van der Waals surface area contributed by atoms with Gasteiger partial charge < -0.3 is 5.32 Å². The van der Waals surface area contributed by atoms with Crippen molar-refractivity contribution < 1.29 is 9.18 Å². The number of imidazole rings is 1. The fourth-order valence-corrected chi connectivity index (χ4v) is 2.03. The van der Waals surface area contributed by atoms with Gasteiger partial charge >= 0.3 is 0 Å². The van der Waals surface area contributed by atoms with Crippen molar-refractivity contribution in [1.29, 1.82) is 5.26 Å². The molecule has 0 aliphatic heterocycles. The number of halogens is 1. The second-order valence-corrected chi connectivity index (χ2v) is 4.37. The highest BCUT2D eigenvalue weighted by Crippen LogP contribution is 2.15. The molecule has 0 saturated heterocycles. The van der Waals surface area contributed by atoms with Crippen LogP contribution >= 0.6 is 0 Å². The predicted octanol–water partition coefficient (Wildman–Crippen LogP) is 2.60. The number of hydrogen-bond donors (Lipinski definition) is 1. The van der Waals surface area contributed by atoms with Crippen molar-refractivity contribution in [3.63, 3.8) is 0 Å². The van der Waals surface area contributed by atoms with Crippen LogP contribution in [-0.2, 0) is 0 Å². The number of hydrogen-bond acceptors (Lipinski definition) is 3. The molecule has 0 saturated carbocycles. The molecule has 0 atom stereocenters. The van der Waals surface area contributed by atoms with Crippen molar-refractivity contribution in [2.45, 2.75) is 0 Å². The van der Waals surface area contributed by atoms with Crippen LogP contribution in [0, 0.1) is 17.1 Å². The highest BCUT2D eigenvalue weighted by Gasteiger charge is 2.13. The molecule has 0 bridgehead atoms. The van der Waals surface area contributed by atoms with E-state index >= 15 is 0 Å². The lowest BCUT2D eigenvalue weighted by Crippen LogP contribution is -2.15. The van der Waals surface area contributed by atoms with E-state index in [4.69, 9.17) is 5.26 Å². The third-order valence-electron chi connectivity index (χ3n) is 2.93. The molecule has 1 aromatic carbocycles. The third kappa shape index (κ3) is 2.44.